The Morgan fingerprint density at radius 3 is 2.87 bits per heavy atom. The Bertz CT molecular complexity index is 662. The van der Waals surface area contributed by atoms with Crippen molar-refractivity contribution in [2.75, 3.05) is 32.0 Å². The van der Waals surface area contributed by atoms with Crippen LogP contribution < -0.4 is 5.32 Å². The summed E-state index contributed by atoms with van der Waals surface area (Å²) in [7, 11) is -2.18. The summed E-state index contributed by atoms with van der Waals surface area (Å²) in [6.45, 7) is 4.65. The van der Waals surface area contributed by atoms with E-state index in [1.807, 2.05) is 19.9 Å². The van der Waals surface area contributed by atoms with Crippen LogP contribution >= 0.6 is 0 Å². The van der Waals surface area contributed by atoms with Gasteiger partial charge in [0, 0.05) is 25.8 Å². The molecule has 1 fully saturated rings. The molecule has 0 saturated carbocycles. The number of nitrogens with zero attached hydrogens (tertiary/aromatic N) is 3. The Kier molecular flexibility index (Phi) is 5.72. The third-order valence-electron chi connectivity index (χ3n) is 3.86. The van der Waals surface area contributed by atoms with Crippen LogP contribution in [0.2, 0.25) is 0 Å². The molecule has 0 aliphatic carbocycles. The largest absolute Gasteiger partial charge is 0.310 e. The number of hydrogen-bond donors (Lipinski definition) is 1. The van der Waals surface area contributed by atoms with Crippen molar-refractivity contribution in [1.29, 1.82) is 0 Å². The van der Waals surface area contributed by atoms with Crippen LogP contribution in [-0.2, 0) is 15.0 Å². The molecular formula is C15H24N4O3S. The van der Waals surface area contributed by atoms with E-state index in [0.717, 1.165) is 22.8 Å². The minimum Gasteiger partial charge on any atom is -0.310 e. The van der Waals surface area contributed by atoms with Gasteiger partial charge in [0.1, 0.15) is 5.82 Å². The predicted molar refractivity (Wildman–Crippen MR) is 89.1 cm³/mol. The Morgan fingerprint density at radius 1 is 1.48 bits per heavy atom. The van der Waals surface area contributed by atoms with E-state index >= 15 is 0 Å². The molecule has 2 rings (SSSR count). The van der Waals surface area contributed by atoms with Crippen molar-refractivity contribution < 1.29 is 13.2 Å². The van der Waals surface area contributed by atoms with Crippen molar-refractivity contribution in [3.8, 4) is 0 Å². The molecule has 1 aromatic rings. The summed E-state index contributed by atoms with van der Waals surface area (Å²) >= 11 is 0. The Balaban J connectivity index is 1.97. The molecule has 0 bridgehead atoms. The molecule has 0 aromatic carbocycles. The number of amides is 1. The highest BCUT2D eigenvalue weighted by molar-refractivity contribution is 7.86. The molecule has 1 aliphatic rings. The molecular weight excluding hydrogens is 316 g/mol. The maximum Gasteiger partial charge on any atom is 0.282 e. The average Bonchev–Trinajstić information content (AvgIpc) is 2.47. The molecule has 2 heterocycles. The van der Waals surface area contributed by atoms with Gasteiger partial charge in [-0.1, -0.05) is 13.0 Å². The molecule has 8 heteroatoms. The fraction of sp³-hybridized carbons (Fsp3) is 0.600. The van der Waals surface area contributed by atoms with Gasteiger partial charge in [0.2, 0.25) is 5.91 Å². The monoisotopic (exact) mass is 340 g/mol. The first kappa shape index (κ1) is 17.8. The number of anilines is 1. The maximum absolute atomic E-state index is 12.5. The van der Waals surface area contributed by atoms with Gasteiger partial charge in [-0.2, -0.15) is 17.0 Å². The first-order valence-electron chi connectivity index (χ1n) is 7.74. The second-order valence-corrected chi connectivity index (χ2v) is 8.12. The molecule has 1 saturated heterocycles. The number of piperidine rings is 1. The molecule has 1 N–H and O–H groups in total. The summed E-state index contributed by atoms with van der Waals surface area (Å²) in [5, 5.41) is 2.62. The Morgan fingerprint density at radius 2 is 2.22 bits per heavy atom. The molecule has 1 atom stereocenters. The molecule has 23 heavy (non-hydrogen) atoms. The molecule has 1 aliphatic heterocycles. The lowest BCUT2D eigenvalue weighted by atomic mass is 10.0. The first-order chi connectivity index (χ1) is 10.8. The van der Waals surface area contributed by atoms with Gasteiger partial charge in [-0.3, -0.25) is 4.79 Å². The van der Waals surface area contributed by atoms with Crippen molar-refractivity contribution in [1.82, 2.24) is 13.6 Å². The molecule has 0 radical (unpaired) electrons. The van der Waals surface area contributed by atoms with Crippen LogP contribution in [-0.4, -0.2) is 54.6 Å². The van der Waals surface area contributed by atoms with E-state index in [9.17, 15) is 13.2 Å². The Labute approximate surface area is 137 Å². The van der Waals surface area contributed by atoms with Gasteiger partial charge in [-0.25, -0.2) is 4.98 Å². The highest BCUT2D eigenvalue weighted by atomic mass is 32.2. The highest BCUT2D eigenvalue weighted by Crippen LogP contribution is 2.19. The number of carbonyl (C=O) groups is 1. The molecule has 0 spiro atoms. The van der Waals surface area contributed by atoms with Crippen molar-refractivity contribution in [2.24, 2.45) is 5.92 Å². The number of hydrogen-bond acceptors (Lipinski definition) is 4. The van der Waals surface area contributed by atoms with Gasteiger partial charge in [0.05, 0.1) is 6.54 Å². The van der Waals surface area contributed by atoms with E-state index in [0.29, 0.717) is 24.8 Å². The molecule has 128 valence electrons. The minimum absolute atomic E-state index is 0.233. The topological polar surface area (TPSA) is 82.6 Å². The summed E-state index contributed by atoms with van der Waals surface area (Å²) in [5.41, 5.74) is 0.783. The third kappa shape index (κ3) is 4.73. The van der Waals surface area contributed by atoms with Gasteiger partial charge in [-0.05, 0) is 37.8 Å². The lowest BCUT2D eigenvalue weighted by Gasteiger charge is -2.32. The number of aryl methyl sites for hydroxylation is 1. The van der Waals surface area contributed by atoms with Gasteiger partial charge >= 0.3 is 0 Å². The quantitative estimate of drug-likeness (QED) is 0.874. The third-order valence-corrected chi connectivity index (χ3v) is 5.76. The number of rotatable bonds is 5. The predicted octanol–water partition coefficient (Wildman–Crippen LogP) is 1.24. The molecule has 0 unspecified atom stereocenters. The normalized spacial score (nSPS) is 19.7. The lowest BCUT2D eigenvalue weighted by molar-refractivity contribution is -0.116. The van der Waals surface area contributed by atoms with Gasteiger partial charge in [0.25, 0.3) is 10.2 Å². The average molecular weight is 340 g/mol. The van der Waals surface area contributed by atoms with Gasteiger partial charge in [-0.15, -0.1) is 0 Å². The van der Waals surface area contributed by atoms with E-state index in [-0.39, 0.29) is 6.54 Å². The molecule has 1 amide bonds. The smallest absolute Gasteiger partial charge is 0.282 e. The lowest BCUT2D eigenvalue weighted by Crippen LogP contribution is -2.48. The van der Waals surface area contributed by atoms with E-state index in [1.54, 1.807) is 12.1 Å². The molecule has 1 aromatic heterocycles. The fourth-order valence-electron chi connectivity index (χ4n) is 2.63. The fourth-order valence-corrected chi connectivity index (χ4v) is 4.11. The minimum atomic E-state index is -3.61. The SMILES string of the molecule is Cc1cccc(NC(=O)CN(C)S(=O)(=O)N2CCC[C@@H](C)C2)n1. The van der Waals surface area contributed by atoms with Gasteiger partial charge < -0.3 is 5.32 Å². The van der Waals surface area contributed by atoms with Crippen LogP contribution in [0.1, 0.15) is 25.5 Å². The highest BCUT2D eigenvalue weighted by Gasteiger charge is 2.31. The van der Waals surface area contributed by atoms with Crippen LogP contribution in [0.3, 0.4) is 0 Å². The first-order valence-corrected chi connectivity index (χ1v) is 9.13. The number of pyridine rings is 1. The van der Waals surface area contributed by atoms with E-state index in [4.69, 9.17) is 0 Å². The number of likely N-dealkylation sites (N-methyl/N-ethyl adjacent to an activating group) is 1. The van der Waals surface area contributed by atoms with Gasteiger partial charge in [0.15, 0.2) is 0 Å². The zero-order valence-corrected chi connectivity index (χ0v) is 14.6. The van der Waals surface area contributed by atoms with Crippen LogP contribution in [0.25, 0.3) is 0 Å². The standard InChI is InChI=1S/C15H24N4O3S/c1-12-6-5-9-19(10-12)23(21,22)18(3)11-15(20)17-14-8-4-7-13(2)16-14/h4,7-8,12H,5-6,9-11H2,1-3H3,(H,16,17,20)/t12-/m1/s1. The van der Waals surface area contributed by atoms with E-state index in [1.165, 1.54) is 11.4 Å². The second kappa shape index (κ2) is 7.37. The van der Waals surface area contributed by atoms with Crippen LogP contribution in [0.4, 0.5) is 5.82 Å². The number of nitrogens with one attached hydrogen (secondary N) is 1. The van der Waals surface area contributed by atoms with Crippen LogP contribution in [0.15, 0.2) is 18.2 Å². The summed E-state index contributed by atoms with van der Waals surface area (Å²) in [4.78, 5) is 16.2. The number of carbonyl (C=O) groups excluding carboxylic acids is 1. The number of aromatic nitrogens is 1. The maximum atomic E-state index is 12.5. The van der Waals surface area contributed by atoms with Crippen molar-refractivity contribution >= 4 is 21.9 Å². The van der Waals surface area contributed by atoms with Crippen LogP contribution in [0, 0.1) is 12.8 Å². The summed E-state index contributed by atoms with van der Waals surface area (Å²) in [5.74, 6) is 0.365. The van der Waals surface area contributed by atoms with Crippen molar-refractivity contribution in [3.63, 3.8) is 0 Å². The summed E-state index contributed by atoms with van der Waals surface area (Å²) < 4.78 is 27.6. The van der Waals surface area contributed by atoms with E-state index < -0.39 is 16.1 Å². The van der Waals surface area contributed by atoms with Crippen molar-refractivity contribution in [2.45, 2.75) is 26.7 Å². The van der Waals surface area contributed by atoms with Crippen molar-refractivity contribution in [3.05, 3.63) is 23.9 Å². The van der Waals surface area contributed by atoms with E-state index in [2.05, 4.69) is 10.3 Å². The second-order valence-electron chi connectivity index (χ2n) is 6.08. The molecule has 7 nitrogen and oxygen atoms in total. The summed E-state index contributed by atoms with van der Waals surface area (Å²) in [6.07, 6.45) is 1.89. The summed E-state index contributed by atoms with van der Waals surface area (Å²) in [6, 6.07) is 5.28. The zero-order chi connectivity index (χ0) is 17.0. The zero-order valence-electron chi connectivity index (χ0n) is 13.8. The van der Waals surface area contributed by atoms with Crippen LogP contribution in [0.5, 0.6) is 0 Å². The Hall–Kier alpha value is -1.51.